The number of benzene rings is 3. The predicted octanol–water partition coefficient (Wildman–Crippen LogP) is 6.35. The molecule has 4 heteroatoms. The Bertz CT molecular complexity index is 1170. The van der Waals surface area contributed by atoms with E-state index in [1.807, 2.05) is 92.7 Å². The van der Waals surface area contributed by atoms with Crippen LogP contribution in [0.15, 0.2) is 78.9 Å². The van der Waals surface area contributed by atoms with Crippen molar-refractivity contribution in [2.45, 2.75) is 19.9 Å². The highest BCUT2D eigenvalue weighted by molar-refractivity contribution is 6.32. The molecule has 1 atom stereocenters. The molecule has 144 valence electrons. The molecule has 1 aromatic heterocycles. The molecule has 0 saturated carbocycles. The lowest BCUT2D eigenvalue weighted by Crippen LogP contribution is -2.27. The SMILES string of the molecule is Cc1c(Cl)ccc2c(C(=O)NC(C)c3ccccc3)cc(-c3ccccc3)nc12. The van der Waals surface area contributed by atoms with Crippen LogP contribution in [0.1, 0.15) is 34.5 Å². The van der Waals surface area contributed by atoms with Crippen LogP contribution in [0.4, 0.5) is 0 Å². The van der Waals surface area contributed by atoms with Crippen molar-refractivity contribution in [2.24, 2.45) is 0 Å². The van der Waals surface area contributed by atoms with Crippen LogP contribution in [0.2, 0.25) is 5.02 Å². The molecule has 1 N–H and O–H groups in total. The summed E-state index contributed by atoms with van der Waals surface area (Å²) in [6.07, 6.45) is 0. The van der Waals surface area contributed by atoms with Crippen LogP contribution in [-0.4, -0.2) is 10.9 Å². The van der Waals surface area contributed by atoms with Gasteiger partial charge in [-0.05, 0) is 37.1 Å². The Labute approximate surface area is 175 Å². The molecular weight excluding hydrogens is 380 g/mol. The topological polar surface area (TPSA) is 42.0 Å². The summed E-state index contributed by atoms with van der Waals surface area (Å²) >= 11 is 6.34. The van der Waals surface area contributed by atoms with Gasteiger partial charge in [0.25, 0.3) is 5.91 Å². The number of carbonyl (C=O) groups excluding carboxylic acids is 1. The number of carbonyl (C=O) groups is 1. The normalized spacial score (nSPS) is 12.0. The van der Waals surface area contributed by atoms with E-state index in [0.29, 0.717) is 10.6 Å². The zero-order valence-corrected chi connectivity index (χ0v) is 17.1. The van der Waals surface area contributed by atoms with Crippen molar-refractivity contribution in [3.8, 4) is 11.3 Å². The van der Waals surface area contributed by atoms with Crippen molar-refractivity contribution in [3.63, 3.8) is 0 Å². The van der Waals surface area contributed by atoms with Crippen LogP contribution in [0.25, 0.3) is 22.2 Å². The Kier molecular flexibility index (Phi) is 5.32. The number of nitrogens with zero attached hydrogens (tertiary/aromatic N) is 1. The first-order valence-electron chi connectivity index (χ1n) is 9.55. The van der Waals surface area contributed by atoms with E-state index in [-0.39, 0.29) is 11.9 Å². The summed E-state index contributed by atoms with van der Waals surface area (Å²) in [5.74, 6) is -0.132. The maximum Gasteiger partial charge on any atom is 0.252 e. The molecule has 1 unspecified atom stereocenters. The number of amides is 1. The summed E-state index contributed by atoms with van der Waals surface area (Å²) in [6.45, 7) is 3.91. The first kappa shape index (κ1) is 19.2. The molecule has 1 amide bonds. The first-order chi connectivity index (χ1) is 14.0. The van der Waals surface area contributed by atoms with Gasteiger partial charge in [-0.15, -0.1) is 0 Å². The van der Waals surface area contributed by atoms with Crippen molar-refractivity contribution >= 4 is 28.4 Å². The zero-order valence-electron chi connectivity index (χ0n) is 16.3. The maximum atomic E-state index is 13.3. The van der Waals surface area contributed by atoms with Crippen molar-refractivity contribution in [1.29, 1.82) is 0 Å². The van der Waals surface area contributed by atoms with Crippen LogP contribution in [0.3, 0.4) is 0 Å². The zero-order chi connectivity index (χ0) is 20.4. The lowest BCUT2D eigenvalue weighted by molar-refractivity contribution is 0.0941. The highest BCUT2D eigenvalue weighted by Gasteiger charge is 2.18. The van der Waals surface area contributed by atoms with Crippen molar-refractivity contribution in [1.82, 2.24) is 10.3 Å². The molecule has 0 aliphatic heterocycles. The maximum absolute atomic E-state index is 13.3. The van der Waals surface area contributed by atoms with Gasteiger partial charge in [0.05, 0.1) is 22.8 Å². The molecule has 0 aliphatic rings. The minimum absolute atomic E-state index is 0.111. The fourth-order valence-corrected chi connectivity index (χ4v) is 3.60. The Morgan fingerprint density at radius 2 is 1.62 bits per heavy atom. The van der Waals surface area contributed by atoms with Crippen molar-refractivity contribution in [3.05, 3.63) is 101 Å². The van der Waals surface area contributed by atoms with Gasteiger partial charge in [0.2, 0.25) is 0 Å². The van der Waals surface area contributed by atoms with Crippen LogP contribution in [-0.2, 0) is 0 Å². The Morgan fingerprint density at radius 3 is 2.31 bits per heavy atom. The third kappa shape index (κ3) is 3.87. The van der Waals surface area contributed by atoms with Gasteiger partial charge in [0.15, 0.2) is 0 Å². The molecule has 3 aromatic carbocycles. The molecule has 0 spiro atoms. The predicted molar refractivity (Wildman–Crippen MR) is 119 cm³/mol. The minimum atomic E-state index is -0.132. The molecule has 4 aromatic rings. The number of pyridine rings is 1. The van der Waals surface area contributed by atoms with Gasteiger partial charge in [0.1, 0.15) is 0 Å². The number of aromatic nitrogens is 1. The smallest absolute Gasteiger partial charge is 0.252 e. The van der Waals surface area contributed by atoms with E-state index < -0.39 is 0 Å². The van der Waals surface area contributed by atoms with E-state index in [1.165, 1.54) is 0 Å². The van der Waals surface area contributed by atoms with E-state index in [2.05, 4.69) is 5.32 Å². The standard InChI is InChI=1S/C25H21ClN2O/c1-16-22(26)14-13-20-21(25(29)27-17(2)18-9-5-3-6-10-18)15-23(28-24(16)20)19-11-7-4-8-12-19/h3-15,17H,1-2H3,(H,27,29). The number of aryl methyl sites for hydroxylation is 1. The van der Waals surface area contributed by atoms with E-state index in [0.717, 1.165) is 33.3 Å². The molecule has 0 bridgehead atoms. The molecule has 0 aliphatic carbocycles. The lowest BCUT2D eigenvalue weighted by atomic mass is 10.0. The van der Waals surface area contributed by atoms with Gasteiger partial charge < -0.3 is 5.32 Å². The van der Waals surface area contributed by atoms with E-state index >= 15 is 0 Å². The van der Waals surface area contributed by atoms with Crippen molar-refractivity contribution in [2.75, 3.05) is 0 Å². The second-order valence-electron chi connectivity index (χ2n) is 7.10. The molecule has 0 radical (unpaired) electrons. The second-order valence-corrected chi connectivity index (χ2v) is 7.50. The average molecular weight is 401 g/mol. The fraction of sp³-hybridized carbons (Fsp3) is 0.120. The van der Waals surface area contributed by atoms with Crippen LogP contribution in [0.5, 0.6) is 0 Å². The largest absolute Gasteiger partial charge is 0.345 e. The molecule has 29 heavy (non-hydrogen) atoms. The Hall–Kier alpha value is -3.17. The highest BCUT2D eigenvalue weighted by atomic mass is 35.5. The molecule has 0 fully saturated rings. The number of hydrogen-bond donors (Lipinski definition) is 1. The van der Waals surface area contributed by atoms with Gasteiger partial charge in [-0.25, -0.2) is 4.98 Å². The minimum Gasteiger partial charge on any atom is -0.345 e. The van der Waals surface area contributed by atoms with Crippen LogP contribution in [0, 0.1) is 6.92 Å². The van der Waals surface area contributed by atoms with Gasteiger partial charge in [-0.1, -0.05) is 78.3 Å². The molecule has 1 heterocycles. The molecule has 3 nitrogen and oxygen atoms in total. The number of hydrogen-bond acceptors (Lipinski definition) is 2. The van der Waals surface area contributed by atoms with Gasteiger partial charge in [-0.3, -0.25) is 4.79 Å². The first-order valence-corrected chi connectivity index (χ1v) is 9.93. The molecular formula is C25H21ClN2O. The van der Waals surface area contributed by atoms with Gasteiger partial charge in [-0.2, -0.15) is 0 Å². The summed E-state index contributed by atoms with van der Waals surface area (Å²) < 4.78 is 0. The van der Waals surface area contributed by atoms with Gasteiger partial charge >= 0.3 is 0 Å². The monoisotopic (exact) mass is 400 g/mol. The van der Waals surface area contributed by atoms with Gasteiger partial charge in [0, 0.05) is 16.0 Å². The fourth-order valence-electron chi connectivity index (χ4n) is 3.45. The van der Waals surface area contributed by atoms with E-state index in [4.69, 9.17) is 16.6 Å². The third-order valence-electron chi connectivity index (χ3n) is 5.13. The summed E-state index contributed by atoms with van der Waals surface area (Å²) in [4.78, 5) is 18.1. The van der Waals surface area contributed by atoms with Crippen LogP contribution >= 0.6 is 11.6 Å². The highest BCUT2D eigenvalue weighted by Crippen LogP contribution is 2.30. The second kappa shape index (κ2) is 8.06. The van der Waals surface area contributed by atoms with Crippen molar-refractivity contribution < 1.29 is 4.79 Å². The van der Waals surface area contributed by atoms with E-state index in [1.54, 1.807) is 0 Å². The number of halogens is 1. The number of nitrogens with one attached hydrogen (secondary N) is 1. The summed E-state index contributed by atoms with van der Waals surface area (Å²) in [6, 6.07) is 25.2. The summed E-state index contributed by atoms with van der Waals surface area (Å²) in [5.41, 5.74) is 4.97. The molecule has 0 saturated heterocycles. The average Bonchev–Trinajstić information content (AvgIpc) is 2.77. The number of rotatable bonds is 4. The number of fused-ring (bicyclic) bond motifs is 1. The summed E-state index contributed by atoms with van der Waals surface area (Å²) in [7, 11) is 0. The Morgan fingerprint density at radius 1 is 0.966 bits per heavy atom. The molecule has 4 rings (SSSR count). The summed E-state index contributed by atoms with van der Waals surface area (Å²) in [5, 5.41) is 4.55. The Balaban J connectivity index is 1.82. The quantitative estimate of drug-likeness (QED) is 0.433. The van der Waals surface area contributed by atoms with E-state index in [9.17, 15) is 4.79 Å². The lowest BCUT2D eigenvalue weighted by Gasteiger charge is -2.17. The third-order valence-corrected chi connectivity index (χ3v) is 5.54. The van der Waals surface area contributed by atoms with Crippen LogP contribution < -0.4 is 5.32 Å².